The molecule has 3 aromatic rings. The van der Waals surface area contributed by atoms with E-state index in [4.69, 9.17) is 21.6 Å². The Morgan fingerprint density at radius 2 is 1.43 bits per heavy atom. The molecule has 3 aliphatic rings. The second kappa shape index (κ2) is 19.9. The predicted molar refractivity (Wildman–Crippen MR) is 228 cm³/mol. The maximum absolute atomic E-state index is 13.5. The van der Waals surface area contributed by atoms with Gasteiger partial charge in [0.05, 0.1) is 23.2 Å². The highest BCUT2D eigenvalue weighted by Crippen LogP contribution is 2.34. The van der Waals surface area contributed by atoms with Crippen LogP contribution in [0.5, 0.6) is 11.5 Å². The minimum absolute atomic E-state index is 0.0734. The predicted octanol–water partition coefficient (Wildman–Crippen LogP) is 4.46. The number of piperazine rings is 1. The number of phenolic OH excluding ortho intramolecular Hbond substituents is 2. The molecule has 3 saturated heterocycles. The van der Waals surface area contributed by atoms with E-state index in [0.717, 1.165) is 62.6 Å². The topological polar surface area (TPSA) is 230 Å². The standard InChI is InChI=1S/C43H56N8O8S/c1-27(2)33-24-34(36(53)25-35(33)52)39(45)51(43(46)58)32-10-8-28(9-11-32)26-47-20-22-50(23-21-47)60-49-18-14-30(15-19-49)40(54)48-16-12-31(13-17-48)42(57)59-38(41(55)56)37(44)29-6-4-3-5-7-29/h3-11,24-25,27,30-31,37-38,45,52-53H,12-23,26,44H2,1-2H3,(H2,46,58)(H,55,56)/t37-,38+/m0/s1. The van der Waals surface area contributed by atoms with Crippen molar-refractivity contribution in [3.63, 3.8) is 0 Å². The van der Waals surface area contributed by atoms with Crippen molar-refractivity contribution < 1.29 is 39.2 Å². The molecule has 0 spiro atoms. The highest BCUT2D eigenvalue weighted by atomic mass is 32.2. The van der Waals surface area contributed by atoms with Crippen LogP contribution in [0.4, 0.5) is 10.5 Å². The molecule has 0 radical (unpaired) electrons. The monoisotopic (exact) mass is 844 g/mol. The normalized spacial score (nSPS) is 18.5. The van der Waals surface area contributed by atoms with E-state index < -0.39 is 36.0 Å². The van der Waals surface area contributed by atoms with Crippen LogP contribution < -0.4 is 16.4 Å². The van der Waals surface area contributed by atoms with E-state index in [1.807, 2.05) is 30.9 Å². The number of ether oxygens (including phenoxy) is 1. The number of urea groups is 1. The van der Waals surface area contributed by atoms with Crippen molar-refractivity contribution in [3.8, 4) is 11.5 Å². The molecular formula is C43H56N8O8S. The minimum atomic E-state index is -1.50. The van der Waals surface area contributed by atoms with Gasteiger partial charge in [-0.1, -0.05) is 56.3 Å². The summed E-state index contributed by atoms with van der Waals surface area (Å²) in [5.74, 6) is -3.13. The number of hydrogen-bond donors (Lipinski definition) is 6. The van der Waals surface area contributed by atoms with Gasteiger partial charge in [-0.2, -0.15) is 0 Å². The molecule has 60 heavy (non-hydrogen) atoms. The summed E-state index contributed by atoms with van der Waals surface area (Å²) in [6, 6.07) is 16.8. The number of esters is 1. The summed E-state index contributed by atoms with van der Waals surface area (Å²) in [5, 5.41) is 39.2. The van der Waals surface area contributed by atoms with Crippen LogP contribution in [-0.2, 0) is 25.7 Å². The van der Waals surface area contributed by atoms with E-state index in [0.29, 0.717) is 49.3 Å². The number of hydrogen-bond acceptors (Lipinski definition) is 13. The molecule has 6 rings (SSSR count). The largest absolute Gasteiger partial charge is 0.508 e. The maximum atomic E-state index is 13.5. The number of rotatable bonds is 13. The number of carbonyl (C=O) groups excluding carboxylic acids is 3. The average Bonchev–Trinajstić information content (AvgIpc) is 3.24. The van der Waals surface area contributed by atoms with E-state index in [2.05, 4.69) is 13.5 Å². The highest BCUT2D eigenvalue weighted by Gasteiger charge is 2.37. The molecule has 0 aliphatic carbocycles. The lowest BCUT2D eigenvalue weighted by atomic mass is 9.92. The first kappa shape index (κ1) is 44.4. The molecule has 322 valence electrons. The van der Waals surface area contributed by atoms with Gasteiger partial charge in [0.1, 0.15) is 17.3 Å². The maximum Gasteiger partial charge on any atom is 0.347 e. The number of phenols is 2. The first-order valence-corrected chi connectivity index (χ1v) is 21.2. The van der Waals surface area contributed by atoms with E-state index in [9.17, 15) is 34.5 Å². The van der Waals surface area contributed by atoms with Crippen molar-refractivity contribution in [2.75, 3.05) is 57.3 Å². The van der Waals surface area contributed by atoms with Gasteiger partial charge in [0.15, 0.2) is 0 Å². The van der Waals surface area contributed by atoms with Crippen LogP contribution in [0.1, 0.15) is 73.7 Å². The number of nitrogens with zero attached hydrogens (tertiary/aromatic N) is 5. The number of amides is 3. The zero-order valence-electron chi connectivity index (χ0n) is 34.1. The molecule has 8 N–H and O–H groups in total. The number of likely N-dealkylation sites (tertiary alicyclic amines) is 1. The van der Waals surface area contributed by atoms with Crippen LogP contribution in [0, 0.1) is 17.2 Å². The third-order valence-corrected chi connectivity index (χ3v) is 12.8. The number of aromatic hydroxyl groups is 2. The first-order valence-electron chi connectivity index (χ1n) is 20.5. The first-order chi connectivity index (χ1) is 28.7. The number of carboxylic acid groups (broad SMARTS) is 1. The SMILES string of the molecule is CC(C)c1cc(C(=N)N(C(N)=O)c2ccc(CN3CCN(SN4CCC(C(=O)N5CCC(C(=O)O[C@@H](C(=O)O)[C@@H](N)c6ccccc6)CC5)CC4)CC3)cc2)c(O)cc1O. The van der Waals surface area contributed by atoms with Crippen LogP contribution in [0.15, 0.2) is 66.7 Å². The molecule has 3 fully saturated rings. The van der Waals surface area contributed by atoms with Crippen molar-refractivity contribution in [2.45, 2.75) is 64.1 Å². The van der Waals surface area contributed by atoms with E-state index >= 15 is 0 Å². The van der Waals surface area contributed by atoms with Gasteiger partial charge in [-0.25, -0.2) is 23.1 Å². The minimum Gasteiger partial charge on any atom is -0.508 e. The van der Waals surface area contributed by atoms with Crippen molar-refractivity contribution >= 4 is 47.5 Å². The number of benzene rings is 3. The summed E-state index contributed by atoms with van der Waals surface area (Å²) in [4.78, 5) is 56.1. The average molecular weight is 845 g/mol. The Morgan fingerprint density at radius 3 is 2.02 bits per heavy atom. The second-order valence-electron chi connectivity index (χ2n) is 16.0. The Hall–Kier alpha value is -5.20. The third kappa shape index (κ3) is 10.8. The van der Waals surface area contributed by atoms with Gasteiger partial charge in [0.2, 0.25) is 12.0 Å². The van der Waals surface area contributed by atoms with Crippen LogP contribution in [0.2, 0.25) is 0 Å². The van der Waals surface area contributed by atoms with Crippen LogP contribution in [0.25, 0.3) is 0 Å². The van der Waals surface area contributed by atoms with Crippen molar-refractivity contribution in [1.29, 1.82) is 5.41 Å². The van der Waals surface area contributed by atoms with Crippen molar-refractivity contribution in [1.82, 2.24) is 18.4 Å². The number of carboxylic acids is 1. The number of piperidine rings is 2. The molecule has 0 bridgehead atoms. The lowest BCUT2D eigenvalue weighted by molar-refractivity contribution is -0.170. The molecular weight excluding hydrogens is 789 g/mol. The number of carbonyl (C=O) groups is 4. The van der Waals surface area contributed by atoms with Crippen LogP contribution >= 0.6 is 12.1 Å². The molecule has 16 nitrogen and oxygen atoms in total. The van der Waals surface area contributed by atoms with Crippen molar-refractivity contribution in [2.24, 2.45) is 23.3 Å². The third-order valence-electron chi connectivity index (χ3n) is 11.6. The molecule has 3 aromatic carbocycles. The smallest absolute Gasteiger partial charge is 0.347 e. The summed E-state index contributed by atoms with van der Waals surface area (Å²) in [5.41, 5.74) is 14.5. The molecule has 0 aromatic heterocycles. The molecule has 0 unspecified atom stereocenters. The lowest BCUT2D eigenvalue weighted by Crippen LogP contribution is -2.47. The summed E-state index contributed by atoms with van der Waals surface area (Å²) in [7, 11) is 0. The van der Waals surface area contributed by atoms with Gasteiger partial charge >= 0.3 is 18.0 Å². The second-order valence-corrected chi connectivity index (χ2v) is 17.2. The number of nitrogens with one attached hydrogen (secondary N) is 1. The Bertz CT molecular complexity index is 2000. The fourth-order valence-corrected chi connectivity index (χ4v) is 9.03. The van der Waals surface area contributed by atoms with Gasteiger partial charge < -0.3 is 36.4 Å². The zero-order chi connectivity index (χ0) is 43.1. The highest BCUT2D eigenvalue weighted by molar-refractivity contribution is 7.94. The number of nitrogens with two attached hydrogens (primary N) is 2. The summed E-state index contributed by atoms with van der Waals surface area (Å²) in [6.07, 6.45) is 0.832. The molecule has 2 atom stereocenters. The summed E-state index contributed by atoms with van der Waals surface area (Å²) >= 11 is 1.73. The van der Waals surface area contributed by atoms with E-state index in [-0.39, 0.29) is 40.6 Å². The Labute approximate surface area is 354 Å². The van der Waals surface area contributed by atoms with Gasteiger partial charge in [-0.05, 0) is 66.5 Å². The molecule has 17 heteroatoms. The molecule has 3 aliphatic heterocycles. The van der Waals surface area contributed by atoms with Gasteiger partial charge in [-0.15, -0.1) is 0 Å². The van der Waals surface area contributed by atoms with E-state index in [1.54, 1.807) is 54.6 Å². The summed E-state index contributed by atoms with van der Waals surface area (Å²) < 4.78 is 10.1. The fraction of sp³-hybridized carbons (Fsp3) is 0.465. The van der Waals surface area contributed by atoms with Gasteiger partial charge in [0.25, 0.3) is 0 Å². The molecule has 3 heterocycles. The summed E-state index contributed by atoms with van der Waals surface area (Å²) in [6.45, 7) is 10.4. The molecule has 0 saturated carbocycles. The van der Waals surface area contributed by atoms with Crippen LogP contribution in [-0.4, -0.2) is 122 Å². The number of primary amides is 1. The Kier molecular flexibility index (Phi) is 14.7. The zero-order valence-corrected chi connectivity index (χ0v) is 34.9. The number of anilines is 1. The fourth-order valence-electron chi connectivity index (χ4n) is 8.00. The Balaban J connectivity index is 0.906. The van der Waals surface area contributed by atoms with E-state index in [1.165, 1.54) is 12.1 Å². The van der Waals surface area contributed by atoms with Crippen molar-refractivity contribution in [3.05, 3.63) is 89.0 Å². The number of amidine groups is 1. The van der Waals surface area contributed by atoms with Gasteiger partial charge in [-0.3, -0.25) is 19.9 Å². The quantitative estimate of drug-likeness (QED) is 0.0605. The van der Waals surface area contributed by atoms with Crippen LogP contribution in [0.3, 0.4) is 0 Å². The molecule has 3 amide bonds. The lowest BCUT2D eigenvalue weighted by Gasteiger charge is -2.39. The Morgan fingerprint density at radius 1 is 0.833 bits per heavy atom. The van der Waals surface area contributed by atoms with Gasteiger partial charge in [0, 0.05) is 83.0 Å². The number of aliphatic carboxylic acids is 1.